The lowest BCUT2D eigenvalue weighted by Crippen LogP contribution is -2.18. The van der Waals surface area contributed by atoms with Crippen molar-refractivity contribution in [2.45, 2.75) is 58.4 Å². The molecule has 0 spiro atoms. The Balaban J connectivity index is 1.72. The zero-order chi connectivity index (χ0) is 15.5. The molecule has 5 nitrogen and oxygen atoms in total. The lowest BCUT2D eigenvalue weighted by Gasteiger charge is -2.25. The first kappa shape index (κ1) is 14.9. The predicted octanol–water partition coefficient (Wildman–Crippen LogP) is 3.84. The van der Waals surface area contributed by atoms with Crippen LogP contribution >= 0.6 is 0 Å². The first-order valence-electron chi connectivity index (χ1n) is 8.21. The van der Waals surface area contributed by atoms with E-state index in [1.54, 1.807) is 6.20 Å². The Morgan fingerprint density at radius 1 is 1.50 bits per heavy atom. The number of hydrogen-bond donors (Lipinski definition) is 2. The second-order valence-electron chi connectivity index (χ2n) is 6.11. The number of hydrogen-bond acceptors (Lipinski definition) is 2. The van der Waals surface area contributed by atoms with E-state index in [4.69, 9.17) is 0 Å². The first-order valence-corrected chi connectivity index (χ1v) is 8.21. The van der Waals surface area contributed by atoms with E-state index in [2.05, 4.69) is 22.3 Å². The monoisotopic (exact) mass is 300 g/mol. The van der Waals surface area contributed by atoms with Gasteiger partial charge in [-0.1, -0.05) is 19.8 Å². The lowest BCUT2D eigenvalue weighted by molar-refractivity contribution is 0.102. The highest BCUT2D eigenvalue weighted by molar-refractivity contribution is 6.05. The van der Waals surface area contributed by atoms with E-state index in [1.165, 1.54) is 19.3 Å². The van der Waals surface area contributed by atoms with Crippen molar-refractivity contribution in [3.8, 4) is 0 Å². The van der Waals surface area contributed by atoms with Gasteiger partial charge in [-0.25, -0.2) is 0 Å². The average Bonchev–Trinajstić information content (AvgIpc) is 3.04. The van der Waals surface area contributed by atoms with Crippen LogP contribution in [0.3, 0.4) is 0 Å². The van der Waals surface area contributed by atoms with Gasteiger partial charge in [0.2, 0.25) is 0 Å². The maximum atomic E-state index is 12.5. The molecule has 1 aliphatic rings. The first-order chi connectivity index (χ1) is 10.7. The van der Waals surface area contributed by atoms with Crippen LogP contribution in [0.15, 0.2) is 18.5 Å². The van der Waals surface area contributed by atoms with Crippen LogP contribution in [0, 0.1) is 6.92 Å². The fraction of sp³-hybridized carbons (Fsp3) is 0.529. The highest BCUT2D eigenvalue weighted by atomic mass is 16.1. The largest absolute Gasteiger partial charge is 0.364 e. The van der Waals surface area contributed by atoms with Crippen LogP contribution in [0.25, 0.3) is 0 Å². The number of aryl methyl sites for hydroxylation is 1. The fourth-order valence-electron chi connectivity index (χ4n) is 2.91. The number of amides is 1. The van der Waals surface area contributed by atoms with Gasteiger partial charge in [0.05, 0.1) is 23.1 Å². The van der Waals surface area contributed by atoms with E-state index in [0.29, 0.717) is 5.92 Å². The summed E-state index contributed by atoms with van der Waals surface area (Å²) in [6.07, 6.45) is 9.45. The maximum absolute atomic E-state index is 12.5. The highest BCUT2D eigenvalue weighted by Crippen LogP contribution is 2.37. The molecule has 1 saturated carbocycles. The topological polar surface area (TPSA) is 62.7 Å². The molecule has 2 aromatic rings. The van der Waals surface area contributed by atoms with Crippen molar-refractivity contribution < 1.29 is 4.79 Å². The molecule has 2 N–H and O–H groups in total. The number of rotatable bonds is 6. The van der Waals surface area contributed by atoms with Gasteiger partial charge in [0, 0.05) is 18.4 Å². The number of carbonyl (C=O) groups excluding carboxylic acids is 1. The minimum Gasteiger partial charge on any atom is -0.364 e. The molecule has 0 atom stereocenters. The molecular weight excluding hydrogens is 276 g/mol. The molecule has 0 aliphatic heterocycles. The van der Waals surface area contributed by atoms with E-state index >= 15 is 0 Å². The highest BCUT2D eigenvalue weighted by Gasteiger charge is 2.26. The summed E-state index contributed by atoms with van der Waals surface area (Å²) >= 11 is 0. The van der Waals surface area contributed by atoms with Crippen molar-refractivity contribution >= 4 is 11.6 Å². The van der Waals surface area contributed by atoms with Crippen molar-refractivity contribution in [1.29, 1.82) is 0 Å². The zero-order valence-electron chi connectivity index (χ0n) is 13.4. The van der Waals surface area contributed by atoms with Gasteiger partial charge in [0.15, 0.2) is 0 Å². The third-order valence-electron chi connectivity index (χ3n) is 4.61. The molecule has 0 unspecified atom stereocenters. The molecule has 0 aromatic carbocycles. The Morgan fingerprint density at radius 2 is 2.32 bits per heavy atom. The predicted molar refractivity (Wildman–Crippen MR) is 87.2 cm³/mol. The molecule has 0 radical (unpaired) electrons. The molecule has 118 valence electrons. The van der Waals surface area contributed by atoms with Gasteiger partial charge in [0.1, 0.15) is 0 Å². The second-order valence-corrected chi connectivity index (χ2v) is 6.11. The quantitative estimate of drug-likeness (QED) is 0.851. The van der Waals surface area contributed by atoms with Gasteiger partial charge >= 0.3 is 0 Å². The Kier molecular flexibility index (Phi) is 4.32. The Morgan fingerprint density at radius 3 is 3.00 bits per heavy atom. The van der Waals surface area contributed by atoms with Gasteiger partial charge in [-0.05, 0) is 38.2 Å². The van der Waals surface area contributed by atoms with Crippen molar-refractivity contribution in [3.63, 3.8) is 0 Å². The van der Waals surface area contributed by atoms with E-state index in [-0.39, 0.29) is 5.91 Å². The summed E-state index contributed by atoms with van der Waals surface area (Å²) in [6, 6.07) is 1.87. The standard InChI is InChI=1S/C17H24N4O/c1-3-4-10-21-12(2)15(11-19-21)20-17(22)14-8-9-18-16(14)13-6-5-7-13/h8-9,11,13,18H,3-7,10H2,1-2H3,(H,20,22). The van der Waals surface area contributed by atoms with Crippen LogP contribution in [-0.4, -0.2) is 20.7 Å². The summed E-state index contributed by atoms with van der Waals surface area (Å²) in [5.41, 5.74) is 3.68. The Bertz CT molecular complexity index is 651. The van der Waals surface area contributed by atoms with Crippen LogP contribution in [0.2, 0.25) is 0 Å². The van der Waals surface area contributed by atoms with Crippen LogP contribution in [-0.2, 0) is 6.54 Å². The van der Waals surface area contributed by atoms with E-state index in [1.807, 2.05) is 23.9 Å². The van der Waals surface area contributed by atoms with E-state index in [9.17, 15) is 4.79 Å². The van der Waals surface area contributed by atoms with Crippen molar-refractivity contribution in [2.75, 3.05) is 5.32 Å². The molecule has 0 bridgehead atoms. The summed E-state index contributed by atoms with van der Waals surface area (Å²) in [5.74, 6) is 0.477. The number of aromatic nitrogens is 3. The Labute approximate surface area is 131 Å². The van der Waals surface area contributed by atoms with E-state index in [0.717, 1.165) is 42.0 Å². The molecule has 1 fully saturated rings. The van der Waals surface area contributed by atoms with Gasteiger partial charge in [-0.2, -0.15) is 5.10 Å². The summed E-state index contributed by atoms with van der Waals surface area (Å²) in [4.78, 5) is 15.8. The van der Waals surface area contributed by atoms with Gasteiger partial charge in [0.25, 0.3) is 5.91 Å². The third kappa shape index (κ3) is 2.80. The number of nitrogens with zero attached hydrogens (tertiary/aromatic N) is 2. The lowest BCUT2D eigenvalue weighted by atomic mass is 9.81. The van der Waals surface area contributed by atoms with Gasteiger partial charge < -0.3 is 10.3 Å². The molecule has 2 heterocycles. The fourth-order valence-corrected chi connectivity index (χ4v) is 2.91. The normalized spacial score (nSPS) is 14.8. The van der Waals surface area contributed by atoms with Crippen LogP contribution in [0.5, 0.6) is 0 Å². The second kappa shape index (κ2) is 6.38. The molecule has 0 saturated heterocycles. The number of unbranched alkanes of at least 4 members (excludes halogenated alkanes) is 1. The smallest absolute Gasteiger partial charge is 0.257 e. The molecule has 3 rings (SSSR count). The van der Waals surface area contributed by atoms with Gasteiger partial charge in [-0.3, -0.25) is 9.48 Å². The van der Waals surface area contributed by atoms with Crippen molar-refractivity contribution in [1.82, 2.24) is 14.8 Å². The number of carbonyl (C=O) groups is 1. The third-order valence-corrected chi connectivity index (χ3v) is 4.61. The van der Waals surface area contributed by atoms with Gasteiger partial charge in [-0.15, -0.1) is 0 Å². The average molecular weight is 300 g/mol. The summed E-state index contributed by atoms with van der Waals surface area (Å²) < 4.78 is 1.96. The molecule has 5 heteroatoms. The summed E-state index contributed by atoms with van der Waals surface area (Å²) in [6.45, 7) is 5.06. The molecule has 1 amide bonds. The minimum absolute atomic E-state index is 0.0405. The van der Waals surface area contributed by atoms with Crippen LogP contribution in [0.1, 0.15) is 66.7 Å². The Hall–Kier alpha value is -2.04. The minimum atomic E-state index is -0.0405. The maximum Gasteiger partial charge on any atom is 0.257 e. The number of anilines is 1. The SMILES string of the molecule is CCCCn1ncc(NC(=O)c2cc[nH]c2C2CCC2)c1C. The number of H-pyrrole nitrogens is 1. The summed E-state index contributed by atoms with van der Waals surface area (Å²) in [7, 11) is 0. The molecule has 2 aromatic heterocycles. The zero-order valence-corrected chi connectivity index (χ0v) is 13.4. The molecule has 22 heavy (non-hydrogen) atoms. The van der Waals surface area contributed by atoms with Crippen LogP contribution < -0.4 is 5.32 Å². The van der Waals surface area contributed by atoms with Crippen LogP contribution in [0.4, 0.5) is 5.69 Å². The molecular formula is C17H24N4O. The molecule has 1 aliphatic carbocycles. The van der Waals surface area contributed by atoms with E-state index < -0.39 is 0 Å². The van der Waals surface area contributed by atoms with Crippen molar-refractivity contribution in [2.24, 2.45) is 0 Å². The van der Waals surface area contributed by atoms with Crippen molar-refractivity contribution in [3.05, 3.63) is 35.4 Å². The summed E-state index contributed by atoms with van der Waals surface area (Å²) in [5, 5.41) is 7.38. The number of nitrogens with one attached hydrogen (secondary N) is 2. The number of aromatic amines is 1.